The van der Waals surface area contributed by atoms with E-state index >= 15 is 0 Å². The maximum atomic E-state index is 12.0. The molecule has 1 aromatic rings. The van der Waals surface area contributed by atoms with Gasteiger partial charge < -0.3 is 15.0 Å². The molecule has 0 atom stereocenters. The number of hydrogen-bond donors (Lipinski definition) is 1. The average Bonchev–Trinajstić information content (AvgIpc) is 2.61. The Morgan fingerprint density at radius 3 is 3.00 bits per heavy atom. The van der Waals surface area contributed by atoms with E-state index < -0.39 is 0 Å². The van der Waals surface area contributed by atoms with Gasteiger partial charge in [-0.2, -0.15) is 0 Å². The van der Waals surface area contributed by atoms with Crippen LogP contribution in [-0.4, -0.2) is 37.2 Å². The van der Waals surface area contributed by atoms with Crippen molar-refractivity contribution in [2.45, 2.75) is 13.3 Å². The number of nitrogens with one attached hydrogen (secondary N) is 1. The Hall–Kier alpha value is -1.26. The SMILES string of the molecule is Cc1cc(Cl)ccc1OC(=O)N1CCCNCC1. The van der Waals surface area contributed by atoms with Crippen LogP contribution >= 0.6 is 11.6 Å². The highest BCUT2D eigenvalue weighted by Gasteiger charge is 2.17. The summed E-state index contributed by atoms with van der Waals surface area (Å²) < 4.78 is 5.40. The van der Waals surface area contributed by atoms with Gasteiger partial charge in [-0.3, -0.25) is 0 Å². The lowest BCUT2D eigenvalue weighted by Crippen LogP contribution is -2.36. The summed E-state index contributed by atoms with van der Waals surface area (Å²) in [4.78, 5) is 13.7. The van der Waals surface area contributed by atoms with Crippen LogP contribution in [0.4, 0.5) is 4.79 Å². The lowest BCUT2D eigenvalue weighted by atomic mass is 10.2. The number of rotatable bonds is 1. The van der Waals surface area contributed by atoms with Crippen LogP contribution in [0.1, 0.15) is 12.0 Å². The van der Waals surface area contributed by atoms with E-state index in [9.17, 15) is 4.79 Å². The predicted molar refractivity (Wildman–Crippen MR) is 71.3 cm³/mol. The van der Waals surface area contributed by atoms with Crippen LogP contribution in [0.3, 0.4) is 0 Å². The monoisotopic (exact) mass is 268 g/mol. The van der Waals surface area contributed by atoms with E-state index in [2.05, 4.69) is 5.32 Å². The van der Waals surface area contributed by atoms with Crippen LogP contribution in [-0.2, 0) is 0 Å². The number of ether oxygens (including phenoxy) is 1. The molecule has 0 aliphatic carbocycles. The summed E-state index contributed by atoms with van der Waals surface area (Å²) in [5.41, 5.74) is 0.865. The molecule has 0 bridgehead atoms. The van der Waals surface area contributed by atoms with Crippen molar-refractivity contribution in [2.75, 3.05) is 26.2 Å². The van der Waals surface area contributed by atoms with Crippen molar-refractivity contribution in [2.24, 2.45) is 0 Å². The first-order chi connectivity index (χ1) is 8.66. The zero-order chi connectivity index (χ0) is 13.0. The van der Waals surface area contributed by atoms with Gasteiger partial charge in [-0.1, -0.05) is 11.6 Å². The molecule has 1 heterocycles. The van der Waals surface area contributed by atoms with Gasteiger partial charge in [0.05, 0.1) is 0 Å². The quantitative estimate of drug-likeness (QED) is 0.851. The zero-order valence-electron chi connectivity index (χ0n) is 10.4. The van der Waals surface area contributed by atoms with E-state index in [0.29, 0.717) is 17.3 Å². The second-order valence-corrected chi connectivity index (χ2v) is 4.80. The zero-order valence-corrected chi connectivity index (χ0v) is 11.2. The molecule has 0 radical (unpaired) electrons. The molecule has 1 amide bonds. The summed E-state index contributed by atoms with van der Waals surface area (Å²) in [6.45, 7) is 5.06. The van der Waals surface area contributed by atoms with Gasteiger partial charge in [-0.05, 0) is 43.7 Å². The Balaban J connectivity index is 2.01. The first-order valence-corrected chi connectivity index (χ1v) is 6.48. The number of benzene rings is 1. The van der Waals surface area contributed by atoms with Gasteiger partial charge in [0, 0.05) is 24.7 Å². The Bertz CT molecular complexity index is 429. The molecule has 1 aromatic carbocycles. The molecule has 98 valence electrons. The molecule has 18 heavy (non-hydrogen) atoms. The molecule has 0 saturated carbocycles. The fourth-order valence-corrected chi connectivity index (χ4v) is 2.14. The van der Waals surface area contributed by atoms with Crippen LogP contribution in [0.15, 0.2) is 18.2 Å². The first-order valence-electron chi connectivity index (χ1n) is 6.10. The van der Waals surface area contributed by atoms with Crippen molar-refractivity contribution < 1.29 is 9.53 Å². The molecule has 0 spiro atoms. The number of carbonyl (C=O) groups is 1. The third-order valence-electron chi connectivity index (χ3n) is 2.93. The summed E-state index contributed by atoms with van der Waals surface area (Å²) >= 11 is 5.86. The van der Waals surface area contributed by atoms with Crippen molar-refractivity contribution >= 4 is 17.7 Å². The average molecular weight is 269 g/mol. The van der Waals surface area contributed by atoms with Crippen LogP contribution < -0.4 is 10.1 Å². The summed E-state index contributed by atoms with van der Waals surface area (Å²) in [7, 11) is 0. The largest absolute Gasteiger partial charge is 0.415 e. The topological polar surface area (TPSA) is 41.6 Å². The first kappa shape index (κ1) is 13.2. The molecular formula is C13H17ClN2O2. The van der Waals surface area contributed by atoms with Crippen molar-refractivity contribution in [3.8, 4) is 5.75 Å². The van der Waals surface area contributed by atoms with E-state index in [1.807, 2.05) is 6.92 Å². The minimum atomic E-state index is -0.288. The molecule has 1 saturated heterocycles. The number of carbonyl (C=O) groups excluding carboxylic acids is 1. The second-order valence-electron chi connectivity index (χ2n) is 4.37. The Labute approximate surface area is 112 Å². The standard InChI is InChI=1S/C13H17ClN2O2/c1-10-9-11(14)3-4-12(10)18-13(17)16-7-2-5-15-6-8-16/h3-4,9,15H,2,5-8H2,1H3. The summed E-state index contributed by atoms with van der Waals surface area (Å²) in [5, 5.41) is 3.89. The smallest absolute Gasteiger partial charge is 0.410 e. The van der Waals surface area contributed by atoms with Gasteiger partial charge >= 0.3 is 6.09 Å². The van der Waals surface area contributed by atoms with Gasteiger partial charge in [-0.15, -0.1) is 0 Å². The summed E-state index contributed by atoms with van der Waals surface area (Å²) in [6.07, 6.45) is 0.665. The van der Waals surface area contributed by atoms with Crippen molar-refractivity contribution in [1.82, 2.24) is 10.2 Å². The van der Waals surface area contributed by atoms with E-state index in [4.69, 9.17) is 16.3 Å². The van der Waals surface area contributed by atoms with Crippen LogP contribution in [0.25, 0.3) is 0 Å². The lowest BCUT2D eigenvalue weighted by molar-refractivity contribution is 0.155. The number of amides is 1. The summed E-state index contributed by atoms with van der Waals surface area (Å²) in [5.74, 6) is 0.571. The lowest BCUT2D eigenvalue weighted by Gasteiger charge is -2.19. The molecular weight excluding hydrogens is 252 g/mol. The Morgan fingerprint density at radius 1 is 1.39 bits per heavy atom. The molecule has 1 aliphatic heterocycles. The molecule has 1 aliphatic rings. The van der Waals surface area contributed by atoms with E-state index in [0.717, 1.165) is 31.6 Å². The number of nitrogens with zero attached hydrogens (tertiary/aromatic N) is 1. The van der Waals surface area contributed by atoms with Gasteiger partial charge in [0.15, 0.2) is 0 Å². The summed E-state index contributed by atoms with van der Waals surface area (Å²) in [6, 6.07) is 5.24. The predicted octanol–water partition coefficient (Wildman–Crippen LogP) is 2.44. The third-order valence-corrected chi connectivity index (χ3v) is 3.17. The van der Waals surface area contributed by atoms with Gasteiger partial charge in [-0.25, -0.2) is 4.79 Å². The minimum absolute atomic E-state index is 0.288. The van der Waals surface area contributed by atoms with Gasteiger partial charge in [0.1, 0.15) is 5.75 Å². The highest BCUT2D eigenvalue weighted by atomic mass is 35.5. The van der Waals surface area contributed by atoms with Crippen molar-refractivity contribution in [3.05, 3.63) is 28.8 Å². The molecule has 1 fully saturated rings. The van der Waals surface area contributed by atoms with Crippen LogP contribution in [0, 0.1) is 6.92 Å². The molecule has 0 unspecified atom stereocenters. The van der Waals surface area contributed by atoms with E-state index in [-0.39, 0.29) is 6.09 Å². The minimum Gasteiger partial charge on any atom is -0.410 e. The maximum absolute atomic E-state index is 12.0. The number of aryl methyl sites for hydroxylation is 1. The number of hydrogen-bond acceptors (Lipinski definition) is 3. The highest BCUT2D eigenvalue weighted by molar-refractivity contribution is 6.30. The molecule has 1 N–H and O–H groups in total. The fourth-order valence-electron chi connectivity index (χ4n) is 1.91. The van der Waals surface area contributed by atoms with Gasteiger partial charge in [0.2, 0.25) is 0 Å². The van der Waals surface area contributed by atoms with E-state index in [1.54, 1.807) is 23.1 Å². The van der Waals surface area contributed by atoms with E-state index in [1.165, 1.54) is 0 Å². The molecule has 0 aromatic heterocycles. The van der Waals surface area contributed by atoms with Gasteiger partial charge in [0.25, 0.3) is 0 Å². The second kappa shape index (κ2) is 6.07. The number of halogens is 1. The molecule has 5 heteroatoms. The molecule has 4 nitrogen and oxygen atoms in total. The maximum Gasteiger partial charge on any atom is 0.415 e. The fraction of sp³-hybridized carbons (Fsp3) is 0.462. The highest BCUT2D eigenvalue weighted by Crippen LogP contribution is 2.22. The van der Waals surface area contributed by atoms with Crippen molar-refractivity contribution in [3.63, 3.8) is 0 Å². The third kappa shape index (κ3) is 3.37. The normalized spacial score (nSPS) is 16.2. The van der Waals surface area contributed by atoms with Crippen LogP contribution in [0.2, 0.25) is 5.02 Å². The van der Waals surface area contributed by atoms with Crippen molar-refractivity contribution in [1.29, 1.82) is 0 Å². The Kier molecular flexibility index (Phi) is 4.44. The molecule has 2 rings (SSSR count). The Morgan fingerprint density at radius 2 is 2.22 bits per heavy atom. The van der Waals surface area contributed by atoms with Crippen LogP contribution in [0.5, 0.6) is 5.75 Å².